The van der Waals surface area contributed by atoms with Gasteiger partial charge in [-0.1, -0.05) is 309 Å². The molecular formula is C97H63N3Si. The van der Waals surface area contributed by atoms with Crippen LogP contribution in [0.25, 0.3) is 44.2 Å². The molecule has 0 radical (unpaired) electrons. The minimum Gasteiger partial charge on any atom is -0.311 e. The molecule has 4 heteroatoms. The van der Waals surface area contributed by atoms with Gasteiger partial charge in [-0.3, -0.25) is 0 Å². The highest BCUT2D eigenvalue weighted by Crippen LogP contribution is 2.63. The minimum atomic E-state index is -2.50. The summed E-state index contributed by atoms with van der Waals surface area (Å²) in [6.45, 7) is 0. The first-order valence-corrected chi connectivity index (χ1v) is 37.2. The molecule has 0 fully saturated rings. The van der Waals surface area contributed by atoms with Crippen LogP contribution < -0.4 is 30.3 Å². The van der Waals surface area contributed by atoms with Crippen molar-refractivity contribution in [3.05, 3.63) is 443 Å². The Hall–Kier alpha value is -12.6. The molecule has 3 aliphatic carbocycles. The Bertz CT molecular complexity index is 5990. The Morgan fingerprint density at radius 3 is 0.950 bits per heavy atom. The van der Waals surface area contributed by atoms with Crippen LogP contribution in [-0.4, -0.2) is 8.80 Å². The van der Waals surface area contributed by atoms with Crippen LogP contribution >= 0.6 is 0 Å². The highest BCUT2D eigenvalue weighted by molar-refractivity contribution is 7.03. The normalized spacial score (nSPS) is 15.6. The van der Waals surface area contributed by atoms with Gasteiger partial charge in [0.05, 0.1) is 21.9 Å². The van der Waals surface area contributed by atoms with Crippen LogP contribution in [0.15, 0.2) is 376 Å². The second kappa shape index (κ2) is 21.2. The van der Waals surface area contributed by atoms with Gasteiger partial charge < -0.3 is 14.7 Å². The lowest BCUT2D eigenvalue weighted by Gasteiger charge is -2.50. The largest absolute Gasteiger partial charge is 0.311 e. The average Bonchev–Trinajstić information content (AvgIpc) is 1.36. The second-order valence-corrected chi connectivity index (χ2v) is 30.6. The van der Waals surface area contributed by atoms with E-state index in [0.29, 0.717) is 0 Å². The molecule has 16 aromatic rings. The molecule has 0 amide bonds. The van der Waals surface area contributed by atoms with E-state index in [1.807, 2.05) is 0 Å². The van der Waals surface area contributed by atoms with Gasteiger partial charge in [0, 0.05) is 50.9 Å². The maximum absolute atomic E-state index is 2.71. The maximum Gasteiger partial charge on any atom is 0.149 e. The van der Waals surface area contributed by atoms with E-state index in [2.05, 4.69) is 391 Å². The first-order valence-electron chi connectivity index (χ1n) is 35.4. The number of nitrogens with zero attached hydrogens (tertiary/aromatic N) is 3. The van der Waals surface area contributed by atoms with Crippen LogP contribution in [-0.2, 0) is 16.2 Å². The zero-order chi connectivity index (χ0) is 66.1. The highest BCUT2D eigenvalue weighted by Gasteiger charge is 2.53. The predicted octanol–water partition coefficient (Wildman–Crippen LogP) is 21.5. The Morgan fingerprint density at radius 1 is 0.198 bits per heavy atom. The Kier molecular flexibility index (Phi) is 11.8. The van der Waals surface area contributed by atoms with E-state index in [1.54, 1.807) is 0 Å². The van der Waals surface area contributed by atoms with E-state index >= 15 is 0 Å². The number of anilines is 9. The van der Waals surface area contributed by atoms with Crippen molar-refractivity contribution >= 4 is 86.3 Å². The molecule has 1 atom stereocenters. The van der Waals surface area contributed by atoms with Crippen LogP contribution in [0.4, 0.5) is 51.2 Å². The van der Waals surface area contributed by atoms with Gasteiger partial charge in [0.15, 0.2) is 0 Å². The molecule has 101 heavy (non-hydrogen) atoms. The van der Waals surface area contributed by atoms with Crippen LogP contribution in [0, 0.1) is 0 Å². The fraction of sp³-hybridized carbons (Fsp3) is 0.0309. The van der Waals surface area contributed by atoms with Crippen LogP contribution in [0.2, 0.25) is 0 Å². The summed E-state index contributed by atoms with van der Waals surface area (Å²) in [7, 11) is -2.50. The summed E-state index contributed by atoms with van der Waals surface area (Å²) in [5.74, 6) is 0. The molecule has 3 nitrogen and oxygen atoms in total. The van der Waals surface area contributed by atoms with Gasteiger partial charge in [-0.05, 0) is 188 Å². The zero-order valence-corrected chi connectivity index (χ0v) is 56.4. The molecule has 470 valence electrons. The predicted molar refractivity (Wildman–Crippen MR) is 420 cm³/mol. The number of hydrogen-bond donors (Lipinski definition) is 0. The Morgan fingerprint density at radius 2 is 0.515 bits per heavy atom. The van der Waals surface area contributed by atoms with Crippen molar-refractivity contribution in [2.45, 2.75) is 16.2 Å². The fourth-order valence-corrected chi connectivity index (χ4v) is 23.9. The van der Waals surface area contributed by atoms with Crippen molar-refractivity contribution in [2.24, 2.45) is 0 Å². The van der Waals surface area contributed by atoms with E-state index in [4.69, 9.17) is 0 Å². The summed E-state index contributed by atoms with van der Waals surface area (Å²) < 4.78 is 0. The van der Waals surface area contributed by atoms with Crippen molar-refractivity contribution in [2.75, 3.05) is 14.7 Å². The zero-order valence-electron chi connectivity index (χ0n) is 55.2. The summed E-state index contributed by atoms with van der Waals surface area (Å²) in [5, 5.41) is 6.74. The molecule has 3 aliphatic heterocycles. The Balaban J connectivity index is 0.842. The van der Waals surface area contributed by atoms with E-state index in [0.717, 1.165) is 17.1 Å². The van der Waals surface area contributed by atoms with Gasteiger partial charge in [0.1, 0.15) is 8.80 Å². The van der Waals surface area contributed by atoms with Gasteiger partial charge >= 0.3 is 0 Å². The third-order valence-electron chi connectivity index (χ3n) is 23.6. The van der Waals surface area contributed by atoms with Gasteiger partial charge in [0.2, 0.25) is 0 Å². The lowest BCUT2D eigenvalue weighted by molar-refractivity contribution is 0.768. The summed E-state index contributed by atoms with van der Waals surface area (Å²) in [6, 6.07) is 144. The average molecular weight is 1300 g/mol. The van der Waals surface area contributed by atoms with Gasteiger partial charge in [0.25, 0.3) is 0 Å². The standard InChI is InChI=1S/C97H63N3Si/c1-7-30-64(31-8-1)95(65-32-9-2-10-33-65)82-48-26-23-45-76(82)79-60-70(55-58-83(79)95)100-89-52-28-50-87-93(89)101-92-86(98(87)71-53-56-77-74-43-21-24-46-80(74)96(84(77)61-71,66-34-11-3-12-35-66)67-36-13-4-14-37-67)49-27-51-88(92)99(90-59-63-29-19-20-42-73(63)91(100)94(90)101)72-54-57-78-75-44-22-25-47-81(75)97(85(78)62-72,68-38-15-5-16-39-68)69-40-17-6-18-41-69/h1-62,101H. The first-order chi connectivity index (χ1) is 50.1. The SMILES string of the molecule is c1ccc(C2(c3ccccc3)c3ccccc3-c3cc(N4c5cccc6c5[SiH]5c7c(cccc7N(c7ccc8c(c7)C(c7ccccc7)(c7ccccc7)c7ccccc7-8)c7cc8ccccc8c4c75)N6c4ccc5c(c4)C(c4ccccc4)(c4ccccc4)c4ccccc4-5)ccc32)cc1. The third-order valence-corrected chi connectivity index (χ3v) is 27.0. The van der Waals surface area contributed by atoms with Crippen LogP contribution in [0.3, 0.4) is 0 Å². The summed E-state index contributed by atoms with van der Waals surface area (Å²) >= 11 is 0. The summed E-state index contributed by atoms with van der Waals surface area (Å²) in [4.78, 5) is 8.06. The fourth-order valence-electron chi connectivity index (χ4n) is 19.9. The number of benzene rings is 16. The van der Waals surface area contributed by atoms with Crippen LogP contribution in [0.1, 0.15) is 66.8 Å². The molecule has 0 N–H and O–H groups in total. The lowest BCUT2D eigenvalue weighted by Crippen LogP contribution is -2.64. The van der Waals surface area contributed by atoms with Crippen molar-refractivity contribution in [1.82, 2.24) is 0 Å². The quantitative estimate of drug-likeness (QED) is 0.133. The topological polar surface area (TPSA) is 9.72 Å². The van der Waals surface area contributed by atoms with Gasteiger partial charge in [-0.15, -0.1) is 0 Å². The molecule has 1 unspecified atom stereocenters. The molecule has 0 saturated heterocycles. The molecule has 0 spiro atoms. The lowest BCUT2D eigenvalue weighted by atomic mass is 9.67. The molecule has 0 saturated carbocycles. The first kappa shape index (κ1) is 56.4. The maximum atomic E-state index is 2.71. The Labute approximate surface area is 589 Å². The number of fused-ring (bicyclic) bond motifs is 11. The highest BCUT2D eigenvalue weighted by atomic mass is 28.3. The van der Waals surface area contributed by atoms with Gasteiger partial charge in [-0.25, -0.2) is 0 Å². The smallest absolute Gasteiger partial charge is 0.149 e. The van der Waals surface area contributed by atoms with Crippen molar-refractivity contribution < 1.29 is 0 Å². The molecule has 0 aromatic heterocycles. The molecule has 16 aromatic carbocycles. The molecule has 3 heterocycles. The molecule has 0 bridgehead atoms. The monoisotopic (exact) mass is 1300 g/mol. The van der Waals surface area contributed by atoms with Crippen molar-refractivity contribution in [3.63, 3.8) is 0 Å². The molecular weight excluding hydrogens is 1240 g/mol. The summed E-state index contributed by atoms with van der Waals surface area (Å²) in [5.41, 5.74) is 31.9. The van der Waals surface area contributed by atoms with E-state index in [1.165, 1.54) is 161 Å². The second-order valence-electron chi connectivity index (χ2n) is 28.0. The van der Waals surface area contributed by atoms with Gasteiger partial charge in [-0.2, -0.15) is 0 Å². The van der Waals surface area contributed by atoms with Crippen molar-refractivity contribution in [3.8, 4) is 33.4 Å². The number of rotatable bonds is 9. The third kappa shape index (κ3) is 7.35. The number of hydrogen-bond acceptors (Lipinski definition) is 3. The van der Waals surface area contributed by atoms with E-state index in [9.17, 15) is 0 Å². The van der Waals surface area contributed by atoms with E-state index in [-0.39, 0.29) is 0 Å². The minimum absolute atomic E-state index is 0.551. The summed E-state index contributed by atoms with van der Waals surface area (Å²) in [6.07, 6.45) is 0. The van der Waals surface area contributed by atoms with Crippen molar-refractivity contribution in [1.29, 1.82) is 0 Å². The van der Waals surface area contributed by atoms with E-state index < -0.39 is 25.0 Å². The van der Waals surface area contributed by atoms with Crippen LogP contribution in [0.5, 0.6) is 0 Å². The molecule has 6 aliphatic rings. The molecule has 22 rings (SSSR count).